The largest absolute Gasteiger partial charge is 0.374 e. The summed E-state index contributed by atoms with van der Waals surface area (Å²) in [6.07, 6.45) is 0.211. The van der Waals surface area contributed by atoms with E-state index in [-0.39, 0.29) is 34.8 Å². The van der Waals surface area contributed by atoms with E-state index >= 15 is 0 Å². The Morgan fingerprint density at radius 2 is 2.04 bits per heavy atom. The van der Waals surface area contributed by atoms with Crippen LogP contribution < -0.4 is 10.6 Å². The molecule has 1 unspecified atom stereocenters. The molecule has 148 valence electrons. The lowest BCUT2D eigenvalue weighted by Crippen LogP contribution is -2.49. The van der Waals surface area contributed by atoms with Gasteiger partial charge in [0.2, 0.25) is 0 Å². The quantitative estimate of drug-likeness (QED) is 0.243. The van der Waals surface area contributed by atoms with Crippen LogP contribution in [0.4, 0.5) is 0 Å². The number of nitrogens with one attached hydrogen (secondary N) is 2. The van der Waals surface area contributed by atoms with Gasteiger partial charge < -0.3 is 20.3 Å². The molecule has 1 aromatic rings. The normalized spacial score (nSPS) is 19.0. The molecule has 1 fully saturated rings. The second-order valence-corrected chi connectivity index (χ2v) is 9.57. The van der Waals surface area contributed by atoms with Gasteiger partial charge in [-0.2, -0.15) is 0 Å². The van der Waals surface area contributed by atoms with Crippen molar-refractivity contribution >= 4 is 57.6 Å². The van der Waals surface area contributed by atoms with Gasteiger partial charge in [0, 0.05) is 47.3 Å². The highest BCUT2D eigenvalue weighted by Crippen LogP contribution is 2.32. The summed E-state index contributed by atoms with van der Waals surface area (Å²) in [5.74, 6) is 0.821. The Kier molecular flexibility index (Phi) is 10.8. The van der Waals surface area contributed by atoms with Gasteiger partial charge in [0.15, 0.2) is 5.96 Å². The first kappa shape index (κ1) is 24.0. The summed E-state index contributed by atoms with van der Waals surface area (Å²) in [4.78, 5) is 7.88. The van der Waals surface area contributed by atoms with E-state index in [9.17, 15) is 0 Å². The zero-order valence-electron chi connectivity index (χ0n) is 15.9. The highest BCUT2D eigenvalue weighted by atomic mass is 127. The number of halogens is 2. The lowest BCUT2D eigenvalue weighted by atomic mass is 10.2. The fraction of sp³-hybridized carbons (Fsp3) is 0.611. The van der Waals surface area contributed by atoms with Crippen LogP contribution in [0.3, 0.4) is 0 Å². The predicted molar refractivity (Wildman–Crippen MR) is 126 cm³/mol. The summed E-state index contributed by atoms with van der Waals surface area (Å²) in [6.45, 7) is 8.81. The second-order valence-electron chi connectivity index (χ2n) is 6.88. The third-order valence-electron chi connectivity index (χ3n) is 3.95. The maximum atomic E-state index is 5.78. The maximum absolute atomic E-state index is 5.78. The van der Waals surface area contributed by atoms with Crippen molar-refractivity contribution in [2.24, 2.45) is 4.99 Å². The van der Waals surface area contributed by atoms with Gasteiger partial charge >= 0.3 is 0 Å². The highest BCUT2D eigenvalue weighted by molar-refractivity contribution is 14.0. The first-order valence-electron chi connectivity index (χ1n) is 8.57. The van der Waals surface area contributed by atoms with Gasteiger partial charge in [-0.25, -0.2) is 0 Å². The van der Waals surface area contributed by atoms with Crippen molar-refractivity contribution in [1.82, 2.24) is 15.5 Å². The zero-order valence-corrected chi connectivity index (χ0v) is 20.7. The Hall–Kier alpha value is -0.0300. The third-order valence-corrected chi connectivity index (χ3v) is 5.69. The van der Waals surface area contributed by atoms with Crippen LogP contribution in [0.1, 0.15) is 13.8 Å². The number of rotatable bonds is 6. The lowest BCUT2D eigenvalue weighted by molar-refractivity contribution is -0.0161. The van der Waals surface area contributed by atoms with E-state index in [4.69, 9.17) is 4.74 Å². The smallest absolute Gasteiger partial charge is 0.191 e. The molecular formula is C18H30BrIN4OS. The van der Waals surface area contributed by atoms with Crippen molar-refractivity contribution in [2.45, 2.75) is 29.6 Å². The number of hydrogen-bond acceptors (Lipinski definition) is 4. The second kappa shape index (κ2) is 11.7. The molecule has 0 aliphatic carbocycles. The van der Waals surface area contributed by atoms with Crippen molar-refractivity contribution in [1.29, 1.82) is 0 Å². The average molecular weight is 557 g/mol. The number of hydrogen-bond donors (Lipinski definition) is 2. The number of morpholine rings is 1. The zero-order chi connectivity index (χ0) is 18.3. The van der Waals surface area contributed by atoms with E-state index in [1.165, 1.54) is 4.90 Å². The minimum Gasteiger partial charge on any atom is -0.374 e. The molecule has 1 aromatic carbocycles. The van der Waals surface area contributed by atoms with Gasteiger partial charge in [-0.15, -0.1) is 35.7 Å². The van der Waals surface area contributed by atoms with Crippen LogP contribution in [-0.4, -0.2) is 68.6 Å². The summed E-state index contributed by atoms with van der Waals surface area (Å²) < 4.78 is 6.94. The Morgan fingerprint density at radius 3 is 2.65 bits per heavy atom. The van der Waals surface area contributed by atoms with E-state index in [0.717, 1.165) is 43.2 Å². The molecule has 0 amide bonds. The number of aliphatic imine (C=N–C) groups is 1. The molecule has 1 aliphatic heterocycles. The lowest BCUT2D eigenvalue weighted by Gasteiger charge is -2.31. The van der Waals surface area contributed by atoms with Gasteiger partial charge in [0.05, 0.1) is 12.7 Å². The topological polar surface area (TPSA) is 48.9 Å². The predicted octanol–water partition coefficient (Wildman–Crippen LogP) is 3.43. The highest BCUT2D eigenvalue weighted by Gasteiger charge is 2.21. The molecule has 0 aromatic heterocycles. The van der Waals surface area contributed by atoms with Crippen LogP contribution in [0.5, 0.6) is 0 Å². The summed E-state index contributed by atoms with van der Waals surface area (Å²) in [5, 5.41) is 6.81. The fourth-order valence-electron chi connectivity index (χ4n) is 2.58. The van der Waals surface area contributed by atoms with E-state index < -0.39 is 0 Å². The van der Waals surface area contributed by atoms with Crippen molar-refractivity contribution in [2.75, 3.05) is 46.9 Å². The molecule has 1 atom stereocenters. The number of ether oxygens (including phenoxy) is 1. The Balaban J connectivity index is 0.00000338. The number of nitrogens with zero attached hydrogens (tertiary/aromatic N) is 2. The first-order valence-corrected chi connectivity index (χ1v) is 10.2. The fourth-order valence-corrected chi connectivity index (χ4v) is 3.89. The van der Waals surface area contributed by atoms with Gasteiger partial charge in [-0.05, 0) is 45.2 Å². The third kappa shape index (κ3) is 8.77. The molecule has 2 rings (SSSR count). The van der Waals surface area contributed by atoms with E-state index in [2.05, 4.69) is 81.6 Å². The van der Waals surface area contributed by atoms with Gasteiger partial charge in [-0.1, -0.05) is 15.9 Å². The SMILES string of the molecule is CN=C(NCC1CN(C)CCO1)NCC(C)(C)Sc1ccc(Br)cc1.I. The first-order chi connectivity index (χ1) is 11.9. The number of benzene rings is 1. The minimum absolute atomic E-state index is 0. The summed E-state index contributed by atoms with van der Waals surface area (Å²) in [5.41, 5.74) is 0. The maximum Gasteiger partial charge on any atom is 0.191 e. The van der Waals surface area contributed by atoms with Gasteiger partial charge in [-0.3, -0.25) is 4.99 Å². The van der Waals surface area contributed by atoms with E-state index in [1.54, 1.807) is 7.05 Å². The molecular weight excluding hydrogens is 527 g/mol. The Labute approximate surface area is 187 Å². The molecule has 5 nitrogen and oxygen atoms in total. The van der Waals surface area contributed by atoms with Gasteiger partial charge in [0.1, 0.15) is 0 Å². The number of likely N-dealkylation sites (N-methyl/N-ethyl adjacent to an activating group) is 1. The summed E-state index contributed by atoms with van der Waals surface area (Å²) >= 11 is 5.34. The average Bonchev–Trinajstić information content (AvgIpc) is 2.57. The summed E-state index contributed by atoms with van der Waals surface area (Å²) in [7, 11) is 3.93. The van der Waals surface area contributed by atoms with Crippen LogP contribution in [0.15, 0.2) is 38.6 Å². The van der Waals surface area contributed by atoms with Crippen LogP contribution in [0, 0.1) is 0 Å². The standard InChI is InChI=1S/C18H29BrN4OS.HI/c1-18(2,25-16-7-5-14(19)6-8-16)13-22-17(20-3)21-11-15-12-23(4)9-10-24-15;/h5-8,15H,9-13H2,1-4H3,(H2,20,21,22);1H. The van der Waals surface area contributed by atoms with Crippen molar-refractivity contribution < 1.29 is 4.74 Å². The van der Waals surface area contributed by atoms with Crippen LogP contribution >= 0.6 is 51.7 Å². The Bertz CT molecular complexity index is 571. The molecule has 2 N–H and O–H groups in total. The van der Waals surface area contributed by atoms with Gasteiger partial charge in [0.25, 0.3) is 0 Å². The number of guanidine groups is 1. The Morgan fingerprint density at radius 1 is 1.35 bits per heavy atom. The summed E-state index contributed by atoms with van der Waals surface area (Å²) in [6, 6.07) is 8.43. The molecule has 26 heavy (non-hydrogen) atoms. The van der Waals surface area contributed by atoms with Crippen molar-refractivity contribution in [3.05, 3.63) is 28.7 Å². The monoisotopic (exact) mass is 556 g/mol. The van der Waals surface area contributed by atoms with Crippen LogP contribution in [0.25, 0.3) is 0 Å². The van der Waals surface area contributed by atoms with E-state index in [0.29, 0.717) is 0 Å². The molecule has 8 heteroatoms. The molecule has 1 heterocycles. The van der Waals surface area contributed by atoms with Crippen LogP contribution in [0.2, 0.25) is 0 Å². The molecule has 0 spiro atoms. The molecule has 1 aliphatic rings. The number of thioether (sulfide) groups is 1. The molecule has 1 saturated heterocycles. The van der Waals surface area contributed by atoms with E-state index in [1.807, 2.05) is 11.8 Å². The molecule has 0 bridgehead atoms. The molecule has 0 saturated carbocycles. The van der Waals surface area contributed by atoms with Crippen LogP contribution in [-0.2, 0) is 4.74 Å². The van der Waals surface area contributed by atoms with Crippen molar-refractivity contribution in [3.8, 4) is 0 Å². The van der Waals surface area contributed by atoms with Crippen molar-refractivity contribution in [3.63, 3.8) is 0 Å². The minimum atomic E-state index is 0. The molecule has 0 radical (unpaired) electrons.